The Kier molecular flexibility index (Phi) is 3.98. The maximum Gasteiger partial charge on any atom is 0.270 e. The third-order valence-corrected chi connectivity index (χ3v) is 2.68. The third-order valence-electron chi connectivity index (χ3n) is 2.68. The summed E-state index contributed by atoms with van der Waals surface area (Å²) in [6.45, 7) is 1.84. The molecule has 4 N–H and O–H groups in total. The van der Waals surface area contributed by atoms with Crippen LogP contribution in [0.1, 0.15) is 11.3 Å². The highest BCUT2D eigenvalue weighted by Crippen LogP contribution is 2.28. The number of nitro groups is 1. The second-order valence-corrected chi connectivity index (χ2v) is 4.23. The molecular formula is C13H13N5O3. The first-order valence-corrected chi connectivity index (χ1v) is 5.94. The minimum Gasteiger partial charge on any atom is -0.455 e. The van der Waals surface area contributed by atoms with Gasteiger partial charge in [-0.1, -0.05) is 6.07 Å². The Hall–Kier alpha value is -3.16. The third kappa shape index (κ3) is 3.44. The van der Waals surface area contributed by atoms with Crippen molar-refractivity contribution in [2.75, 3.05) is 0 Å². The molecule has 0 saturated carbocycles. The molecule has 0 spiro atoms. The number of nitrogens with zero attached hydrogens (tertiary/aromatic N) is 3. The summed E-state index contributed by atoms with van der Waals surface area (Å²) in [5.74, 6) is 0.774. The maximum absolute atomic E-state index is 10.8. The van der Waals surface area contributed by atoms with Crippen molar-refractivity contribution in [1.29, 1.82) is 0 Å². The van der Waals surface area contributed by atoms with Crippen molar-refractivity contribution in [2.24, 2.45) is 21.7 Å². The van der Waals surface area contributed by atoms with Gasteiger partial charge < -0.3 is 15.9 Å². The Morgan fingerprint density at radius 3 is 2.76 bits per heavy atom. The van der Waals surface area contributed by atoms with Crippen LogP contribution in [-0.2, 0) is 0 Å². The zero-order chi connectivity index (χ0) is 15.4. The van der Waals surface area contributed by atoms with Crippen molar-refractivity contribution in [1.82, 2.24) is 0 Å². The zero-order valence-electron chi connectivity index (χ0n) is 11.2. The molecule has 8 heteroatoms. The van der Waals surface area contributed by atoms with Crippen LogP contribution in [0.25, 0.3) is 11.3 Å². The van der Waals surface area contributed by atoms with Gasteiger partial charge in [-0.2, -0.15) is 5.10 Å². The van der Waals surface area contributed by atoms with Gasteiger partial charge in [0.15, 0.2) is 0 Å². The molecule has 0 amide bonds. The number of benzene rings is 1. The largest absolute Gasteiger partial charge is 0.455 e. The quantitative estimate of drug-likeness (QED) is 0.382. The average molecular weight is 287 g/mol. The molecule has 0 bridgehead atoms. The molecule has 1 aromatic heterocycles. The number of guanidine groups is 1. The standard InChI is InChI=1S/C13H13N5O3/c1-8-2-3-9(18(19)20)6-11(8)12-5-4-10(21-12)7-16-17-13(14)15/h2-7H,1H3,(H4,14,15,17)/b16-7-. The first-order valence-electron chi connectivity index (χ1n) is 5.94. The van der Waals surface area contributed by atoms with Gasteiger partial charge in [-0.25, -0.2) is 0 Å². The maximum atomic E-state index is 10.8. The Labute approximate surface area is 119 Å². The minimum absolute atomic E-state index is 0.00252. The molecule has 8 nitrogen and oxygen atoms in total. The summed E-state index contributed by atoms with van der Waals surface area (Å²) >= 11 is 0. The summed E-state index contributed by atoms with van der Waals surface area (Å²) in [5, 5.41) is 17.9. The number of non-ortho nitro benzene ring substituents is 1. The van der Waals surface area contributed by atoms with Gasteiger partial charge in [0.25, 0.3) is 5.69 Å². The highest BCUT2D eigenvalue weighted by atomic mass is 16.6. The minimum atomic E-state index is -0.451. The van der Waals surface area contributed by atoms with Crippen LogP contribution in [-0.4, -0.2) is 17.1 Å². The summed E-state index contributed by atoms with van der Waals surface area (Å²) in [4.78, 5) is 10.4. The van der Waals surface area contributed by atoms with Gasteiger partial charge in [-0.05, 0) is 24.6 Å². The van der Waals surface area contributed by atoms with E-state index in [0.29, 0.717) is 17.1 Å². The molecule has 1 aromatic carbocycles. The predicted molar refractivity (Wildman–Crippen MR) is 78.9 cm³/mol. The average Bonchev–Trinajstić information content (AvgIpc) is 2.87. The van der Waals surface area contributed by atoms with Crippen molar-refractivity contribution < 1.29 is 9.34 Å². The molecule has 0 radical (unpaired) electrons. The smallest absolute Gasteiger partial charge is 0.270 e. The number of nitro benzene ring substituents is 1. The molecule has 2 aromatic rings. The molecule has 0 fully saturated rings. The van der Waals surface area contributed by atoms with E-state index in [1.54, 1.807) is 18.2 Å². The molecule has 21 heavy (non-hydrogen) atoms. The van der Waals surface area contributed by atoms with Gasteiger partial charge in [0.05, 0.1) is 11.1 Å². The van der Waals surface area contributed by atoms with Crippen molar-refractivity contribution >= 4 is 17.9 Å². The SMILES string of the molecule is Cc1ccc([N+](=O)[O-])cc1-c1ccc(/C=N\N=C(N)N)o1. The number of rotatable bonds is 4. The molecular weight excluding hydrogens is 274 g/mol. The van der Waals surface area contributed by atoms with Crippen LogP contribution < -0.4 is 11.5 Å². The molecule has 0 saturated heterocycles. The Bertz CT molecular complexity index is 729. The zero-order valence-corrected chi connectivity index (χ0v) is 11.2. The summed E-state index contributed by atoms with van der Waals surface area (Å²) in [6.07, 6.45) is 1.34. The lowest BCUT2D eigenvalue weighted by atomic mass is 10.1. The number of aryl methyl sites for hydroxylation is 1. The van der Waals surface area contributed by atoms with Crippen LogP contribution in [0.2, 0.25) is 0 Å². The summed E-state index contributed by atoms with van der Waals surface area (Å²) in [5.41, 5.74) is 11.8. The first kappa shape index (κ1) is 14.3. The Morgan fingerprint density at radius 2 is 2.10 bits per heavy atom. The first-order chi connectivity index (χ1) is 9.97. The lowest BCUT2D eigenvalue weighted by Crippen LogP contribution is -2.21. The van der Waals surface area contributed by atoms with Gasteiger partial charge in [-0.3, -0.25) is 10.1 Å². The van der Waals surface area contributed by atoms with E-state index in [0.717, 1.165) is 5.56 Å². The van der Waals surface area contributed by atoms with Crippen molar-refractivity contribution in [3.63, 3.8) is 0 Å². The van der Waals surface area contributed by atoms with Crippen LogP contribution in [0, 0.1) is 17.0 Å². The fourth-order valence-corrected chi connectivity index (χ4v) is 1.71. The van der Waals surface area contributed by atoms with Gasteiger partial charge in [0.1, 0.15) is 11.5 Å². The van der Waals surface area contributed by atoms with E-state index in [4.69, 9.17) is 15.9 Å². The molecule has 0 unspecified atom stereocenters. The molecule has 1 heterocycles. The highest BCUT2D eigenvalue weighted by Gasteiger charge is 2.12. The fraction of sp³-hybridized carbons (Fsp3) is 0.0769. The van der Waals surface area contributed by atoms with Crippen molar-refractivity contribution in [3.8, 4) is 11.3 Å². The number of hydrogen-bond acceptors (Lipinski definition) is 5. The van der Waals surface area contributed by atoms with E-state index in [1.165, 1.54) is 18.3 Å². The second-order valence-electron chi connectivity index (χ2n) is 4.23. The van der Waals surface area contributed by atoms with E-state index in [1.807, 2.05) is 6.92 Å². The topological polar surface area (TPSA) is 133 Å². The monoisotopic (exact) mass is 287 g/mol. The van der Waals surface area contributed by atoms with E-state index in [-0.39, 0.29) is 11.6 Å². The van der Waals surface area contributed by atoms with Crippen LogP contribution in [0.3, 0.4) is 0 Å². The van der Waals surface area contributed by atoms with Crippen LogP contribution in [0.4, 0.5) is 5.69 Å². The number of furan rings is 1. The van der Waals surface area contributed by atoms with Crippen LogP contribution >= 0.6 is 0 Å². The molecule has 0 aliphatic carbocycles. The molecule has 2 rings (SSSR count). The normalized spacial score (nSPS) is 10.7. The van der Waals surface area contributed by atoms with Gasteiger partial charge in [0.2, 0.25) is 5.96 Å². The van der Waals surface area contributed by atoms with Crippen molar-refractivity contribution in [2.45, 2.75) is 6.92 Å². The lowest BCUT2D eigenvalue weighted by molar-refractivity contribution is -0.384. The van der Waals surface area contributed by atoms with E-state index < -0.39 is 4.92 Å². The van der Waals surface area contributed by atoms with Crippen LogP contribution in [0.15, 0.2) is 45.0 Å². The summed E-state index contributed by atoms with van der Waals surface area (Å²) in [6, 6.07) is 7.94. The molecule has 0 atom stereocenters. The second kappa shape index (κ2) is 5.87. The van der Waals surface area contributed by atoms with E-state index >= 15 is 0 Å². The van der Waals surface area contributed by atoms with Gasteiger partial charge >= 0.3 is 0 Å². The van der Waals surface area contributed by atoms with Gasteiger partial charge in [0, 0.05) is 17.7 Å². The lowest BCUT2D eigenvalue weighted by Gasteiger charge is -2.02. The Morgan fingerprint density at radius 1 is 1.33 bits per heavy atom. The fourth-order valence-electron chi connectivity index (χ4n) is 1.71. The Balaban J connectivity index is 2.33. The molecule has 108 valence electrons. The van der Waals surface area contributed by atoms with E-state index in [9.17, 15) is 10.1 Å². The van der Waals surface area contributed by atoms with Crippen LogP contribution in [0.5, 0.6) is 0 Å². The highest BCUT2D eigenvalue weighted by molar-refractivity contribution is 5.80. The molecule has 0 aliphatic heterocycles. The number of nitrogens with two attached hydrogens (primary N) is 2. The molecule has 0 aliphatic rings. The van der Waals surface area contributed by atoms with Gasteiger partial charge in [-0.15, -0.1) is 5.10 Å². The van der Waals surface area contributed by atoms with E-state index in [2.05, 4.69) is 10.2 Å². The summed E-state index contributed by atoms with van der Waals surface area (Å²) < 4.78 is 5.54. The predicted octanol–water partition coefficient (Wildman–Crippen LogP) is 1.77. The summed E-state index contributed by atoms with van der Waals surface area (Å²) in [7, 11) is 0. The number of hydrogen-bond donors (Lipinski definition) is 2. The van der Waals surface area contributed by atoms with Crippen molar-refractivity contribution in [3.05, 3.63) is 51.8 Å².